The van der Waals surface area contributed by atoms with Crippen LogP contribution in [0.5, 0.6) is 0 Å². The van der Waals surface area contributed by atoms with Crippen molar-refractivity contribution in [2.24, 2.45) is 0 Å². The maximum absolute atomic E-state index is 13.3. The lowest BCUT2D eigenvalue weighted by Gasteiger charge is -2.52. The average molecular weight is 477 g/mol. The summed E-state index contributed by atoms with van der Waals surface area (Å²) in [6.45, 7) is 12.4. The Hall–Kier alpha value is -1.97. The Morgan fingerprint density at radius 2 is 1.56 bits per heavy atom. The van der Waals surface area contributed by atoms with Crippen molar-refractivity contribution in [1.82, 2.24) is 10.4 Å². The van der Waals surface area contributed by atoms with Gasteiger partial charge in [0, 0.05) is 11.1 Å². The summed E-state index contributed by atoms with van der Waals surface area (Å²) in [6, 6.07) is 14.5. The zero-order valence-electron chi connectivity index (χ0n) is 20.3. The molecule has 8 heteroatoms. The van der Waals surface area contributed by atoms with Gasteiger partial charge in [0.25, 0.3) is 5.91 Å². The van der Waals surface area contributed by atoms with Crippen LogP contribution in [-0.4, -0.2) is 34.3 Å². The van der Waals surface area contributed by atoms with Gasteiger partial charge in [-0.15, -0.1) is 0 Å². The van der Waals surface area contributed by atoms with Gasteiger partial charge in [0.1, 0.15) is 0 Å². The highest BCUT2D eigenvalue weighted by atomic mass is 19.4. The molecular weight excluding hydrogens is 445 g/mol. The molecule has 5 rings (SSSR count). The van der Waals surface area contributed by atoms with Crippen LogP contribution in [0.2, 0.25) is 0 Å². The minimum Gasteiger partial charge on any atom is -0.348 e. The Balaban J connectivity index is 1.71. The first kappa shape index (κ1) is 23.8. The zero-order valence-corrected chi connectivity index (χ0v) is 20.3. The summed E-state index contributed by atoms with van der Waals surface area (Å²) in [4.78, 5) is 6.66. The Labute approximate surface area is 198 Å². The minimum absolute atomic E-state index is 0.359. The number of fused-ring (bicyclic) bond motifs is 2. The first-order chi connectivity index (χ1) is 15.7. The summed E-state index contributed by atoms with van der Waals surface area (Å²) in [5.74, 6) is -1.26. The molecule has 4 atom stereocenters. The van der Waals surface area contributed by atoms with E-state index in [1.165, 1.54) is 12.1 Å². The molecule has 3 saturated heterocycles. The van der Waals surface area contributed by atoms with E-state index < -0.39 is 40.4 Å². The summed E-state index contributed by atoms with van der Waals surface area (Å²) in [7, 11) is 0. The fourth-order valence-electron chi connectivity index (χ4n) is 5.40. The van der Waals surface area contributed by atoms with E-state index in [0.29, 0.717) is 12.2 Å². The summed E-state index contributed by atoms with van der Waals surface area (Å²) < 4.78 is 52.9. The fraction of sp³-hybridized carbons (Fsp3) is 0.538. The van der Waals surface area contributed by atoms with E-state index in [-0.39, 0.29) is 5.54 Å². The molecule has 3 fully saturated rings. The van der Waals surface area contributed by atoms with Gasteiger partial charge in [0.2, 0.25) is 0 Å². The molecule has 2 aromatic carbocycles. The van der Waals surface area contributed by atoms with Gasteiger partial charge in [-0.25, -0.2) is 4.84 Å². The number of epoxide rings is 1. The average Bonchev–Trinajstić information content (AvgIpc) is 3.29. The predicted octanol–water partition coefficient (Wildman–Crippen LogP) is 5.53. The lowest BCUT2D eigenvalue weighted by Crippen LogP contribution is -2.70. The number of benzene rings is 2. The number of hydrogen-bond donors (Lipinski definition) is 1. The lowest BCUT2D eigenvalue weighted by atomic mass is 9.74. The number of nitrogens with one attached hydrogen (secondary N) is 1. The smallest absolute Gasteiger partial charge is 0.348 e. The number of alkyl halides is 3. The molecule has 0 aromatic heterocycles. The van der Waals surface area contributed by atoms with E-state index in [0.717, 1.165) is 17.7 Å². The SMILES string of the molecule is CC1(C)CO[C@@]2(N1)ON(C(C)(C)C)[C@@H](c1ccc(C(F)(F)F)cc1)[C@]1(c3ccccc3)O[C@]21C. The molecule has 34 heavy (non-hydrogen) atoms. The van der Waals surface area contributed by atoms with Crippen molar-refractivity contribution in [2.75, 3.05) is 6.61 Å². The molecule has 0 radical (unpaired) electrons. The summed E-state index contributed by atoms with van der Waals surface area (Å²) >= 11 is 0. The zero-order chi connectivity index (χ0) is 24.8. The van der Waals surface area contributed by atoms with Crippen LogP contribution in [0.3, 0.4) is 0 Å². The third-order valence-corrected chi connectivity index (χ3v) is 7.06. The molecule has 1 spiro atoms. The molecule has 0 amide bonds. The topological polar surface area (TPSA) is 46.3 Å². The van der Waals surface area contributed by atoms with Gasteiger partial charge in [-0.2, -0.15) is 18.2 Å². The van der Waals surface area contributed by atoms with Crippen LogP contribution < -0.4 is 5.32 Å². The van der Waals surface area contributed by atoms with Gasteiger partial charge in [-0.1, -0.05) is 42.5 Å². The summed E-state index contributed by atoms with van der Waals surface area (Å²) in [5.41, 5.74) is -1.87. The van der Waals surface area contributed by atoms with Gasteiger partial charge in [-0.3, -0.25) is 5.32 Å². The maximum Gasteiger partial charge on any atom is 0.416 e. The van der Waals surface area contributed by atoms with E-state index in [1.807, 2.05) is 76.9 Å². The molecule has 0 bridgehead atoms. The molecule has 3 aliphatic heterocycles. The van der Waals surface area contributed by atoms with Crippen LogP contribution in [0.1, 0.15) is 64.3 Å². The predicted molar refractivity (Wildman–Crippen MR) is 120 cm³/mol. The standard InChI is InChI=1S/C26H31F3N2O3/c1-21(2,3)31-20(17-12-14-19(15-13-17)25(27,28)29)24(18-10-8-7-9-11-18)23(6,33-24)26(34-31)30-22(4,5)16-32-26/h7-15,20,30H,16H2,1-6H3/t20-,23-,24-,26+/m0/s1. The van der Waals surface area contributed by atoms with E-state index >= 15 is 0 Å². The van der Waals surface area contributed by atoms with Crippen LogP contribution >= 0.6 is 0 Å². The largest absolute Gasteiger partial charge is 0.416 e. The Kier molecular flexibility index (Phi) is 4.92. The monoisotopic (exact) mass is 476 g/mol. The first-order valence-corrected chi connectivity index (χ1v) is 11.5. The highest BCUT2D eigenvalue weighted by Crippen LogP contribution is 2.72. The van der Waals surface area contributed by atoms with E-state index in [2.05, 4.69) is 5.32 Å². The van der Waals surface area contributed by atoms with Crippen molar-refractivity contribution in [3.8, 4) is 0 Å². The Morgan fingerprint density at radius 3 is 2.06 bits per heavy atom. The van der Waals surface area contributed by atoms with Crippen molar-refractivity contribution in [2.45, 2.75) is 82.0 Å². The molecule has 3 aliphatic rings. The minimum atomic E-state index is -4.41. The van der Waals surface area contributed by atoms with Gasteiger partial charge >= 0.3 is 6.18 Å². The van der Waals surface area contributed by atoms with E-state index in [9.17, 15) is 13.2 Å². The number of nitrogens with zero attached hydrogens (tertiary/aromatic N) is 1. The van der Waals surface area contributed by atoms with E-state index in [4.69, 9.17) is 14.3 Å². The number of rotatable bonds is 2. The third kappa shape index (κ3) is 3.27. The fourth-order valence-corrected chi connectivity index (χ4v) is 5.40. The number of ether oxygens (including phenoxy) is 2. The van der Waals surface area contributed by atoms with Crippen molar-refractivity contribution >= 4 is 0 Å². The number of hydrogen-bond acceptors (Lipinski definition) is 5. The van der Waals surface area contributed by atoms with Crippen molar-refractivity contribution < 1.29 is 27.5 Å². The lowest BCUT2D eigenvalue weighted by molar-refractivity contribution is -0.411. The van der Waals surface area contributed by atoms with Gasteiger partial charge in [0.05, 0.1) is 18.2 Å². The second-order valence-corrected chi connectivity index (χ2v) is 11.3. The van der Waals surface area contributed by atoms with Crippen molar-refractivity contribution in [1.29, 1.82) is 0 Å². The molecule has 0 unspecified atom stereocenters. The summed E-state index contributed by atoms with van der Waals surface area (Å²) in [5, 5.41) is 5.34. The number of halogens is 3. The molecule has 5 nitrogen and oxygen atoms in total. The first-order valence-electron chi connectivity index (χ1n) is 11.5. The van der Waals surface area contributed by atoms with Crippen molar-refractivity contribution in [3.05, 3.63) is 71.3 Å². The molecule has 1 N–H and O–H groups in total. The Bertz CT molecular complexity index is 1080. The second-order valence-electron chi connectivity index (χ2n) is 11.3. The molecule has 184 valence electrons. The van der Waals surface area contributed by atoms with Crippen LogP contribution in [0, 0.1) is 0 Å². The highest BCUT2D eigenvalue weighted by molar-refractivity contribution is 5.44. The molecule has 0 saturated carbocycles. The van der Waals surface area contributed by atoms with Crippen LogP contribution in [0.15, 0.2) is 54.6 Å². The molecular formula is C26H31F3N2O3. The van der Waals surface area contributed by atoms with Gasteiger partial charge < -0.3 is 9.47 Å². The van der Waals surface area contributed by atoms with E-state index in [1.54, 1.807) is 0 Å². The highest BCUT2D eigenvalue weighted by Gasteiger charge is 2.87. The van der Waals surface area contributed by atoms with Crippen LogP contribution in [-0.2, 0) is 26.1 Å². The molecule has 0 aliphatic carbocycles. The Morgan fingerprint density at radius 1 is 0.941 bits per heavy atom. The quantitative estimate of drug-likeness (QED) is 0.578. The van der Waals surface area contributed by atoms with Crippen LogP contribution in [0.4, 0.5) is 13.2 Å². The van der Waals surface area contributed by atoms with Crippen molar-refractivity contribution in [3.63, 3.8) is 0 Å². The second kappa shape index (κ2) is 7.04. The molecule has 2 aromatic rings. The maximum atomic E-state index is 13.3. The third-order valence-electron chi connectivity index (χ3n) is 7.06. The molecule has 3 heterocycles. The number of hydroxylamine groups is 2. The van der Waals surface area contributed by atoms with Gasteiger partial charge in [-0.05, 0) is 64.8 Å². The summed E-state index contributed by atoms with van der Waals surface area (Å²) in [6.07, 6.45) is -4.41. The van der Waals surface area contributed by atoms with Crippen LogP contribution in [0.25, 0.3) is 0 Å². The normalized spacial score (nSPS) is 35.4. The van der Waals surface area contributed by atoms with Gasteiger partial charge in [0.15, 0.2) is 11.2 Å².